The summed E-state index contributed by atoms with van der Waals surface area (Å²) < 4.78 is 0. The number of alkyl halides is 1. The second-order valence-corrected chi connectivity index (χ2v) is 3.50. The summed E-state index contributed by atoms with van der Waals surface area (Å²) in [5.74, 6) is 6.50. The summed E-state index contributed by atoms with van der Waals surface area (Å²) in [6.45, 7) is 0. The van der Waals surface area contributed by atoms with E-state index in [0.29, 0.717) is 17.3 Å². The minimum Gasteiger partial charge on any atom is -0.389 e. The lowest BCUT2D eigenvalue weighted by atomic mass is 10.1. The van der Waals surface area contributed by atoms with Gasteiger partial charge in [0.05, 0.1) is 0 Å². The van der Waals surface area contributed by atoms with Crippen LogP contribution in [0.4, 0.5) is 0 Å². The van der Waals surface area contributed by atoms with Gasteiger partial charge in [0.1, 0.15) is 4.99 Å². The molecule has 2 N–H and O–H groups in total. The third-order valence-corrected chi connectivity index (χ3v) is 2.02. The lowest BCUT2D eigenvalue weighted by Crippen LogP contribution is -2.08. The Morgan fingerprint density at radius 3 is 2.93 bits per heavy atom. The van der Waals surface area contributed by atoms with E-state index in [1.165, 1.54) is 0 Å². The molecule has 0 fully saturated rings. The Balaban J connectivity index is 2.85. The molecule has 0 unspecified atom stereocenters. The van der Waals surface area contributed by atoms with Crippen LogP contribution in [0.15, 0.2) is 24.3 Å². The van der Waals surface area contributed by atoms with E-state index in [4.69, 9.17) is 29.6 Å². The SMILES string of the molecule is NC(=S)c1cccc(C#CCCCl)c1. The molecule has 0 aliphatic heterocycles. The zero-order chi connectivity index (χ0) is 10.4. The van der Waals surface area contributed by atoms with Gasteiger partial charge < -0.3 is 5.73 Å². The minimum atomic E-state index is 0.394. The largest absolute Gasteiger partial charge is 0.389 e. The lowest BCUT2D eigenvalue weighted by molar-refractivity contribution is 1.29. The highest BCUT2D eigenvalue weighted by atomic mass is 35.5. The second kappa shape index (κ2) is 5.64. The molecule has 0 saturated carbocycles. The summed E-state index contributed by atoms with van der Waals surface area (Å²) in [5, 5.41) is 0. The van der Waals surface area contributed by atoms with E-state index >= 15 is 0 Å². The van der Waals surface area contributed by atoms with Gasteiger partial charge in [-0.1, -0.05) is 36.2 Å². The summed E-state index contributed by atoms with van der Waals surface area (Å²) in [5.41, 5.74) is 7.26. The van der Waals surface area contributed by atoms with Crippen molar-refractivity contribution in [1.82, 2.24) is 0 Å². The fourth-order valence-electron chi connectivity index (χ4n) is 0.962. The van der Waals surface area contributed by atoms with Gasteiger partial charge in [-0.2, -0.15) is 0 Å². The maximum Gasteiger partial charge on any atom is 0.104 e. The predicted octanol–water partition coefficient (Wildman–Crippen LogP) is 2.30. The van der Waals surface area contributed by atoms with Gasteiger partial charge in [-0.25, -0.2) is 0 Å². The van der Waals surface area contributed by atoms with Crippen molar-refractivity contribution >= 4 is 28.8 Å². The number of nitrogens with two attached hydrogens (primary N) is 1. The lowest BCUT2D eigenvalue weighted by Gasteiger charge is -1.97. The summed E-state index contributed by atoms with van der Waals surface area (Å²) in [6, 6.07) is 7.56. The molecule has 14 heavy (non-hydrogen) atoms. The maximum atomic E-state index is 5.51. The summed E-state index contributed by atoms with van der Waals surface area (Å²) >= 11 is 10.4. The van der Waals surface area contributed by atoms with Crippen molar-refractivity contribution in [2.24, 2.45) is 5.73 Å². The molecule has 0 aromatic heterocycles. The van der Waals surface area contributed by atoms with Crippen LogP contribution < -0.4 is 5.73 Å². The van der Waals surface area contributed by atoms with Gasteiger partial charge in [-0.05, 0) is 12.1 Å². The molecule has 0 heterocycles. The molecular formula is C11H10ClNS. The van der Waals surface area contributed by atoms with Crippen molar-refractivity contribution in [3.05, 3.63) is 35.4 Å². The summed E-state index contributed by atoms with van der Waals surface area (Å²) in [6.07, 6.45) is 0.693. The zero-order valence-corrected chi connectivity index (χ0v) is 9.16. The number of rotatable bonds is 2. The van der Waals surface area contributed by atoms with Gasteiger partial charge in [0.15, 0.2) is 0 Å². The van der Waals surface area contributed by atoms with Crippen LogP contribution in [0.1, 0.15) is 17.5 Å². The van der Waals surface area contributed by atoms with E-state index in [1.807, 2.05) is 24.3 Å². The first kappa shape index (κ1) is 11.0. The van der Waals surface area contributed by atoms with Crippen molar-refractivity contribution in [3.8, 4) is 11.8 Å². The number of hydrogen-bond donors (Lipinski definition) is 1. The highest BCUT2D eigenvalue weighted by molar-refractivity contribution is 7.80. The Hall–Kier alpha value is -1.04. The van der Waals surface area contributed by atoms with Crippen LogP contribution in [0.2, 0.25) is 0 Å². The number of benzene rings is 1. The highest BCUT2D eigenvalue weighted by Crippen LogP contribution is 2.03. The number of halogens is 1. The molecule has 0 saturated heterocycles. The molecule has 0 amide bonds. The van der Waals surface area contributed by atoms with Crippen LogP contribution in [0.5, 0.6) is 0 Å². The number of hydrogen-bond acceptors (Lipinski definition) is 1. The summed E-state index contributed by atoms with van der Waals surface area (Å²) in [4.78, 5) is 0.394. The average molecular weight is 224 g/mol. The van der Waals surface area contributed by atoms with Gasteiger partial charge in [0, 0.05) is 23.4 Å². The van der Waals surface area contributed by atoms with Crippen LogP contribution in [-0.2, 0) is 0 Å². The van der Waals surface area contributed by atoms with E-state index in [-0.39, 0.29) is 0 Å². The van der Waals surface area contributed by atoms with Gasteiger partial charge in [0.25, 0.3) is 0 Å². The fourth-order valence-corrected chi connectivity index (χ4v) is 1.18. The average Bonchev–Trinajstić information content (AvgIpc) is 2.19. The van der Waals surface area contributed by atoms with Crippen molar-refractivity contribution in [1.29, 1.82) is 0 Å². The second-order valence-electron chi connectivity index (χ2n) is 2.69. The highest BCUT2D eigenvalue weighted by Gasteiger charge is 1.95. The molecule has 0 aliphatic rings. The van der Waals surface area contributed by atoms with Gasteiger partial charge in [-0.3, -0.25) is 0 Å². The first-order valence-corrected chi connectivity index (χ1v) is 5.13. The maximum absolute atomic E-state index is 5.51. The molecule has 0 radical (unpaired) electrons. The van der Waals surface area contributed by atoms with Gasteiger partial charge in [-0.15, -0.1) is 11.6 Å². The smallest absolute Gasteiger partial charge is 0.104 e. The molecule has 0 atom stereocenters. The van der Waals surface area contributed by atoms with E-state index < -0.39 is 0 Å². The number of thiocarbonyl (C=S) groups is 1. The first-order valence-electron chi connectivity index (χ1n) is 4.18. The van der Waals surface area contributed by atoms with Crippen molar-refractivity contribution in [2.45, 2.75) is 6.42 Å². The van der Waals surface area contributed by atoms with E-state index in [2.05, 4.69) is 11.8 Å². The van der Waals surface area contributed by atoms with Gasteiger partial charge in [0.2, 0.25) is 0 Å². The third-order valence-electron chi connectivity index (χ3n) is 1.60. The standard InChI is InChI=1S/C11H10ClNS/c12-7-2-1-4-9-5-3-6-10(8-9)11(13)14/h3,5-6,8H,2,7H2,(H2,13,14). The fraction of sp³-hybridized carbons (Fsp3) is 0.182. The van der Waals surface area contributed by atoms with Crippen LogP contribution >= 0.6 is 23.8 Å². The van der Waals surface area contributed by atoms with Crippen LogP contribution in [-0.4, -0.2) is 10.9 Å². The molecule has 3 heteroatoms. The minimum absolute atomic E-state index is 0.394. The molecule has 72 valence electrons. The van der Waals surface area contributed by atoms with Gasteiger partial charge >= 0.3 is 0 Å². The predicted molar refractivity (Wildman–Crippen MR) is 64.5 cm³/mol. The molecule has 0 spiro atoms. The normalized spacial score (nSPS) is 8.93. The van der Waals surface area contributed by atoms with Crippen molar-refractivity contribution in [3.63, 3.8) is 0 Å². The van der Waals surface area contributed by atoms with E-state index in [9.17, 15) is 0 Å². The van der Waals surface area contributed by atoms with Crippen LogP contribution in [0.3, 0.4) is 0 Å². The summed E-state index contributed by atoms with van der Waals surface area (Å²) in [7, 11) is 0. The molecule has 1 aromatic rings. The monoisotopic (exact) mass is 223 g/mol. The van der Waals surface area contributed by atoms with Crippen molar-refractivity contribution < 1.29 is 0 Å². The van der Waals surface area contributed by atoms with E-state index in [1.54, 1.807) is 0 Å². The Morgan fingerprint density at radius 2 is 2.29 bits per heavy atom. The third kappa shape index (κ3) is 3.37. The molecule has 1 rings (SSSR count). The molecule has 1 nitrogen and oxygen atoms in total. The van der Waals surface area contributed by atoms with E-state index in [0.717, 1.165) is 11.1 Å². The zero-order valence-electron chi connectivity index (χ0n) is 7.59. The topological polar surface area (TPSA) is 26.0 Å². The quantitative estimate of drug-likeness (QED) is 0.473. The molecular weight excluding hydrogens is 214 g/mol. The Kier molecular flexibility index (Phi) is 4.45. The Morgan fingerprint density at radius 1 is 1.50 bits per heavy atom. The first-order chi connectivity index (χ1) is 6.74. The Labute approximate surface area is 94.3 Å². The Bertz CT molecular complexity index is 390. The molecule has 0 aliphatic carbocycles. The molecule has 0 bridgehead atoms. The van der Waals surface area contributed by atoms with Crippen molar-refractivity contribution in [2.75, 3.05) is 5.88 Å². The van der Waals surface area contributed by atoms with Crippen LogP contribution in [0, 0.1) is 11.8 Å². The molecule has 1 aromatic carbocycles. The van der Waals surface area contributed by atoms with Crippen LogP contribution in [0.25, 0.3) is 0 Å².